The molecule has 7 heteroatoms. The molecule has 0 fully saturated rings. The summed E-state index contributed by atoms with van der Waals surface area (Å²) in [4.78, 5) is 22.8. The quantitative estimate of drug-likeness (QED) is 0.749. The maximum Gasteiger partial charge on any atom is 0.346 e. The number of carboxylic acid groups (broad SMARTS) is 1. The van der Waals surface area contributed by atoms with Crippen LogP contribution in [0.2, 0.25) is 0 Å². The van der Waals surface area contributed by atoms with E-state index in [9.17, 15) is 14.0 Å². The van der Waals surface area contributed by atoms with E-state index in [0.717, 1.165) is 12.1 Å². The predicted molar refractivity (Wildman–Crippen MR) is 72.5 cm³/mol. The van der Waals surface area contributed by atoms with Crippen molar-refractivity contribution in [3.8, 4) is 5.75 Å². The van der Waals surface area contributed by atoms with Crippen LogP contribution in [0.15, 0.2) is 24.3 Å². The Hall–Kier alpha value is -2.15. The van der Waals surface area contributed by atoms with Crippen molar-refractivity contribution in [2.24, 2.45) is 5.92 Å². The number of methoxy groups -OCH3 is 1. The van der Waals surface area contributed by atoms with E-state index in [1.165, 1.54) is 19.2 Å². The van der Waals surface area contributed by atoms with Gasteiger partial charge in [0.05, 0.1) is 19.1 Å². The Kier molecular flexibility index (Phi) is 6.61. The molecule has 1 aromatic rings. The Bertz CT molecular complexity index is 477. The van der Waals surface area contributed by atoms with E-state index in [1.54, 1.807) is 6.92 Å². The summed E-state index contributed by atoms with van der Waals surface area (Å²) in [5.74, 6) is -2.18. The monoisotopic (exact) mass is 299 g/mol. The third-order valence-electron chi connectivity index (χ3n) is 2.69. The van der Waals surface area contributed by atoms with Crippen LogP contribution in [0.25, 0.3) is 0 Å². The standard InChI is InChI=1S/C14H18FNO5/c1-9(8-20-2)13(17)16-7-12(14(18)19)21-11-5-3-10(15)4-6-11/h3-6,9,12H,7-8H2,1-2H3,(H,16,17)(H,18,19). The van der Waals surface area contributed by atoms with Gasteiger partial charge in [0.25, 0.3) is 0 Å². The van der Waals surface area contributed by atoms with Crippen LogP contribution in [0.3, 0.4) is 0 Å². The highest BCUT2D eigenvalue weighted by Crippen LogP contribution is 2.13. The van der Waals surface area contributed by atoms with Crippen molar-refractivity contribution < 1.29 is 28.6 Å². The van der Waals surface area contributed by atoms with Gasteiger partial charge in [0.15, 0.2) is 0 Å². The third-order valence-corrected chi connectivity index (χ3v) is 2.69. The lowest BCUT2D eigenvalue weighted by Crippen LogP contribution is -2.42. The molecule has 0 saturated heterocycles. The average Bonchev–Trinajstić information content (AvgIpc) is 2.45. The van der Waals surface area contributed by atoms with Crippen molar-refractivity contribution in [2.75, 3.05) is 20.3 Å². The number of aliphatic carboxylic acids is 1. The Labute approximate surface area is 121 Å². The van der Waals surface area contributed by atoms with E-state index < -0.39 is 23.8 Å². The molecule has 6 nitrogen and oxygen atoms in total. The fourth-order valence-electron chi connectivity index (χ4n) is 1.55. The number of nitrogens with one attached hydrogen (secondary N) is 1. The number of carbonyl (C=O) groups excluding carboxylic acids is 1. The fourth-order valence-corrected chi connectivity index (χ4v) is 1.55. The number of hydrogen-bond donors (Lipinski definition) is 2. The van der Waals surface area contributed by atoms with Gasteiger partial charge in [-0.1, -0.05) is 6.92 Å². The fraction of sp³-hybridized carbons (Fsp3) is 0.429. The number of hydrogen-bond acceptors (Lipinski definition) is 4. The van der Waals surface area contributed by atoms with Gasteiger partial charge >= 0.3 is 5.97 Å². The lowest BCUT2D eigenvalue weighted by atomic mass is 10.2. The molecule has 0 spiro atoms. The van der Waals surface area contributed by atoms with Gasteiger partial charge in [0.1, 0.15) is 11.6 Å². The molecule has 0 bridgehead atoms. The van der Waals surface area contributed by atoms with E-state index in [0.29, 0.717) is 0 Å². The van der Waals surface area contributed by atoms with Crippen molar-refractivity contribution in [3.63, 3.8) is 0 Å². The van der Waals surface area contributed by atoms with Crippen LogP contribution in [0.5, 0.6) is 5.75 Å². The number of rotatable bonds is 8. The highest BCUT2D eigenvalue weighted by molar-refractivity contribution is 5.80. The summed E-state index contributed by atoms with van der Waals surface area (Å²) in [6.07, 6.45) is -1.26. The van der Waals surface area contributed by atoms with Crippen LogP contribution in [0.1, 0.15) is 6.92 Å². The zero-order valence-corrected chi connectivity index (χ0v) is 11.8. The van der Waals surface area contributed by atoms with Crippen LogP contribution in [-0.4, -0.2) is 43.3 Å². The first-order valence-electron chi connectivity index (χ1n) is 6.35. The van der Waals surface area contributed by atoms with Gasteiger partial charge in [-0.3, -0.25) is 4.79 Å². The topological polar surface area (TPSA) is 84.9 Å². The van der Waals surface area contributed by atoms with E-state index >= 15 is 0 Å². The average molecular weight is 299 g/mol. The largest absolute Gasteiger partial charge is 0.478 e. The molecule has 0 aromatic heterocycles. The van der Waals surface area contributed by atoms with E-state index in [-0.39, 0.29) is 24.8 Å². The molecule has 0 radical (unpaired) electrons. The molecule has 2 N–H and O–H groups in total. The molecule has 1 rings (SSSR count). The summed E-state index contributed by atoms with van der Waals surface area (Å²) in [5, 5.41) is 11.6. The van der Waals surface area contributed by atoms with Crippen LogP contribution in [-0.2, 0) is 14.3 Å². The van der Waals surface area contributed by atoms with E-state index in [4.69, 9.17) is 14.6 Å². The summed E-state index contributed by atoms with van der Waals surface area (Å²) < 4.78 is 22.8. The molecule has 21 heavy (non-hydrogen) atoms. The minimum Gasteiger partial charge on any atom is -0.478 e. The van der Waals surface area contributed by atoms with Crippen LogP contribution >= 0.6 is 0 Å². The molecule has 0 aliphatic carbocycles. The minimum atomic E-state index is -1.26. The van der Waals surface area contributed by atoms with Gasteiger partial charge < -0.3 is 19.9 Å². The number of halogens is 1. The van der Waals surface area contributed by atoms with E-state index in [1.807, 2.05) is 0 Å². The molecule has 0 aliphatic heterocycles. The number of carboxylic acids is 1. The Morgan fingerprint density at radius 1 is 1.33 bits per heavy atom. The van der Waals surface area contributed by atoms with Crippen molar-refractivity contribution in [2.45, 2.75) is 13.0 Å². The molecule has 1 amide bonds. The molecular formula is C14H18FNO5. The highest BCUT2D eigenvalue weighted by atomic mass is 19.1. The lowest BCUT2D eigenvalue weighted by molar-refractivity contribution is -0.145. The first-order chi connectivity index (χ1) is 9.93. The molecule has 1 aromatic carbocycles. The van der Waals surface area contributed by atoms with Crippen molar-refractivity contribution in [1.29, 1.82) is 0 Å². The van der Waals surface area contributed by atoms with Crippen LogP contribution in [0.4, 0.5) is 4.39 Å². The molecule has 0 heterocycles. The smallest absolute Gasteiger partial charge is 0.346 e. The normalized spacial score (nSPS) is 13.3. The minimum absolute atomic E-state index is 0.195. The van der Waals surface area contributed by atoms with Crippen LogP contribution in [0, 0.1) is 11.7 Å². The second-order valence-corrected chi connectivity index (χ2v) is 4.50. The lowest BCUT2D eigenvalue weighted by Gasteiger charge is -2.17. The molecule has 116 valence electrons. The third kappa shape index (κ3) is 5.78. The summed E-state index contributed by atoms with van der Waals surface area (Å²) in [5.41, 5.74) is 0. The highest BCUT2D eigenvalue weighted by Gasteiger charge is 2.22. The maximum atomic E-state index is 12.8. The Balaban J connectivity index is 2.56. The second-order valence-electron chi connectivity index (χ2n) is 4.50. The summed E-state index contributed by atoms with van der Waals surface area (Å²) in [6, 6.07) is 4.96. The number of carbonyl (C=O) groups is 2. The zero-order chi connectivity index (χ0) is 15.8. The van der Waals surface area contributed by atoms with E-state index in [2.05, 4.69) is 5.32 Å². The SMILES string of the molecule is COCC(C)C(=O)NCC(Oc1ccc(F)cc1)C(=O)O. The first kappa shape index (κ1) is 16.9. The van der Waals surface area contributed by atoms with Gasteiger partial charge in [-0.25, -0.2) is 9.18 Å². The van der Waals surface area contributed by atoms with Gasteiger partial charge in [0.2, 0.25) is 12.0 Å². The van der Waals surface area contributed by atoms with Crippen LogP contribution < -0.4 is 10.1 Å². The first-order valence-corrected chi connectivity index (χ1v) is 6.35. The summed E-state index contributed by atoms with van der Waals surface area (Å²) in [6.45, 7) is 1.71. The predicted octanol–water partition coefficient (Wildman–Crippen LogP) is 1.06. The number of ether oxygens (including phenoxy) is 2. The summed E-state index contributed by atoms with van der Waals surface area (Å²) in [7, 11) is 1.47. The van der Waals surface area contributed by atoms with Crippen molar-refractivity contribution in [3.05, 3.63) is 30.1 Å². The maximum absolute atomic E-state index is 12.8. The molecule has 0 saturated carbocycles. The molecule has 0 aliphatic rings. The molecule has 2 atom stereocenters. The van der Waals surface area contributed by atoms with Gasteiger partial charge in [-0.2, -0.15) is 0 Å². The van der Waals surface area contributed by atoms with Crippen molar-refractivity contribution in [1.82, 2.24) is 5.32 Å². The second kappa shape index (κ2) is 8.21. The Morgan fingerprint density at radius 3 is 2.48 bits per heavy atom. The number of amides is 1. The Morgan fingerprint density at radius 2 is 1.95 bits per heavy atom. The van der Waals surface area contributed by atoms with Gasteiger partial charge in [-0.15, -0.1) is 0 Å². The van der Waals surface area contributed by atoms with Crippen molar-refractivity contribution >= 4 is 11.9 Å². The molecular weight excluding hydrogens is 281 g/mol. The van der Waals surface area contributed by atoms with Gasteiger partial charge in [0, 0.05) is 7.11 Å². The van der Waals surface area contributed by atoms with Gasteiger partial charge in [-0.05, 0) is 24.3 Å². The number of benzene rings is 1. The zero-order valence-electron chi connectivity index (χ0n) is 11.8. The molecule has 2 unspecified atom stereocenters. The summed E-state index contributed by atoms with van der Waals surface area (Å²) >= 11 is 0.